The molecule has 9 nitrogen and oxygen atoms in total. The number of nitrogens with zero attached hydrogens (tertiary/aromatic N) is 2. The average molecular weight is 390 g/mol. The maximum atomic E-state index is 12.1. The SMILES string of the molecule is C[C@@]12OC(c3ccsc3)O[C@@H]1[C@@H](CO)O[C@H]2c1ccc2c(=O)[nH]c(N)nn12. The summed E-state index contributed by atoms with van der Waals surface area (Å²) in [6.07, 6.45) is -2.17. The molecule has 3 aromatic rings. The molecule has 0 bridgehead atoms. The molecule has 2 aliphatic rings. The van der Waals surface area contributed by atoms with Gasteiger partial charge in [-0.05, 0) is 35.9 Å². The summed E-state index contributed by atoms with van der Waals surface area (Å²) in [5.74, 6) is 0.00287. The topological polar surface area (TPSA) is 124 Å². The van der Waals surface area contributed by atoms with Crippen LogP contribution in [0.15, 0.2) is 33.8 Å². The third-order valence-corrected chi connectivity index (χ3v) is 5.90. The van der Waals surface area contributed by atoms with Crippen LogP contribution in [0, 0.1) is 0 Å². The Balaban J connectivity index is 1.60. The molecule has 0 aromatic carbocycles. The van der Waals surface area contributed by atoms with Crippen molar-refractivity contribution in [2.45, 2.75) is 37.1 Å². The van der Waals surface area contributed by atoms with Crippen LogP contribution in [0.1, 0.15) is 30.6 Å². The van der Waals surface area contributed by atoms with Gasteiger partial charge in [-0.15, -0.1) is 5.10 Å². The number of H-pyrrole nitrogens is 1. The summed E-state index contributed by atoms with van der Waals surface area (Å²) in [7, 11) is 0. The van der Waals surface area contributed by atoms with Crippen molar-refractivity contribution in [3.05, 3.63) is 50.6 Å². The van der Waals surface area contributed by atoms with Crippen molar-refractivity contribution in [3.8, 4) is 0 Å². The minimum atomic E-state index is -0.868. The number of ether oxygens (including phenoxy) is 3. The molecule has 0 spiro atoms. The number of nitrogens with two attached hydrogens (primary N) is 1. The van der Waals surface area contributed by atoms with Gasteiger partial charge >= 0.3 is 0 Å². The lowest BCUT2D eigenvalue weighted by Gasteiger charge is -2.27. The number of fused-ring (bicyclic) bond motifs is 2. The van der Waals surface area contributed by atoms with E-state index in [1.165, 1.54) is 4.52 Å². The van der Waals surface area contributed by atoms with Gasteiger partial charge in [-0.2, -0.15) is 11.3 Å². The molecule has 2 fully saturated rings. The number of rotatable bonds is 3. The summed E-state index contributed by atoms with van der Waals surface area (Å²) in [5, 5.41) is 17.9. The molecule has 4 N–H and O–H groups in total. The maximum Gasteiger partial charge on any atom is 0.276 e. The highest BCUT2D eigenvalue weighted by Gasteiger charge is 2.62. The number of anilines is 1. The Bertz CT molecular complexity index is 1050. The van der Waals surface area contributed by atoms with E-state index in [2.05, 4.69) is 10.1 Å². The molecule has 0 saturated carbocycles. The molecule has 5 atom stereocenters. The van der Waals surface area contributed by atoms with E-state index in [4.69, 9.17) is 19.9 Å². The molecule has 0 amide bonds. The van der Waals surface area contributed by atoms with Crippen LogP contribution in [-0.2, 0) is 14.2 Å². The fourth-order valence-corrected chi connectivity index (χ4v) is 4.60. The molecule has 10 heteroatoms. The number of aromatic nitrogens is 3. The molecule has 142 valence electrons. The second kappa shape index (κ2) is 5.88. The summed E-state index contributed by atoms with van der Waals surface area (Å²) in [4.78, 5) is 14.6. The highest BCUT2D eigenvalue weighted by atomic mass is 32.1. The molecule has 3 aromatic heterocycles. The first kappa shape index (κ1) is 16.9. The van der Waals surface area contributed by atoms with Crippen molar-refractivity contribution in [2.75, 3.05) is 12.3 Å². The Morgan fingerprint density at radius 1 is 1.41 bits per heavy atom. The fourth-order valence-electron chi connectivity index (χ4n) is 3.94. The third-order valence-electron chi connectivity index (χ3n) is 5.20. The smallest absolute Gasteiger partial charge is 0.276 e. The number of hydrogen-bond acceptors (Lipinski definition) is 8. The summed E-state index contributed by atoms with van der Waals surface area (Å²) in [6.45, 7) is 1.68. The van der Waals surface area contributed by atoms with E-state index in [1.807, 2.05) is 23.8 Å². The van der Waals surface area contributed by atoms with Crippen molar-refractivity contribution in [2.24, 2.45) is 0 Å². The Morgan fingerprint density at radius 3 is 3.00 bits per heavy atom. The van der Waals surface area contributed by atoms with E-state index < -0.39 is 30.2 Å². The van der Waals surface area contributed by atoms with Gasteiger partial charge < -0.3 is 25.1 Å². The van der Waals surface area contributed by atoms with Gasteiger partial charge in [0.15, 0.2) is 6.29 Å². The standard InChI is InChI=1S/C17H18N4O5S/c1-17-12(9-2-3-10-14(23)19-16(18)20-21(9)10)24-11(6-22)13(17)25-15(26-17)8-4-5-27-7-8/h2-5,7,11-13,15,22H,6H2,1H3,(H3,18,19,20,23)/t11-,12+,13-,15?,17+/m1/s1. The zero-order valence-electron chi connectivity index (χ0n) is 14.4. The van der Waals surface area contributed by atoms with Crippen molar-refractivity contribution >= 4 is 22.8 Å². The summed E-state index contributed by atoms with van der Waals surface area (Å²) >= 11 is 1.56. The Labute approximate surface area is 157 Å². The van der Waals surface area contributed by atoms with Crippen molar-refractivity contribution in [3.63, 3.8) is 0 Å². The molecule has 5 rings (SSSR count). The van der Waals surface area contributed by atoms with Crippen LogP contribution >= 0.6 is 11.3 Å². The maximum absolute atomic E-state index is 12.1. The van der Waals surface area contributed by atoms with Gasteiger partial charge in [-0.3, -0.25) is 9.78 Å². The zero-order chi connectivity index (χ0) is 18.8. The number of thiophene rings is 1. The van der Waals surface area contributed by atoms with Gasteiger partial charge in [-0.1, -0.05) is 0 Å². The first-order valence-electron chi connectivity index (χ1n) is 8.50. The number of aliphatic hydroxyl groups is 1. The number of hydrogen-bond donors (Lipinski definition) is 3. The van der Waals surface area contributed by atoms with Crippen LogP contribution in [0.3, 0.4) is 0 Å². The van der Waals surface area contributed by atoms with Gasteiger partial charge in [0.2, 0.25) is 5.95 Å². The van der Waals surface area contributed by atoms with Crippen LogP contribution in [0.2, 0.25) is 0 Å². The molecule has 0 aliphatic carbocycles. The molecule has 27 heavy (non-hydrogen) atoms. The van der Waals surface area contributed by atoms with E-state index in [9.17, 15) is 9.90 Å². The van der Waals surface area contributed by atoms with E-state index >= 15 is 0 Å². The zero-order valence-corrected chi connectivity index (χ0v) is 15.2. The lowest BCUT2D eigenvalue weighted by Crippen LogP contribution is -2.40. The molecular weight excluding hydrogens is 372 g/mol. The minimum absolute atomic E-state index is 0.00287. The van der Waals surface area contributed by atoms with E-state index in [1.54, 1.807) is 23.5 Å². The highest BCUT2D eigenvalue weighted by Crippen LogP contribution is 2.53. The third kappa shape index (κ3) is 2.38. The lowest BCUT2D eigenvalue weighted by atomic mass is 9.91. The highest BCUT2D eigenvalue weighted by molar-refractivity contribution is 7.07. The van der Waals surface area contributed by atoms with E-state index in [0.717, 1.165) is 5.56 Å². The molecule has 0 radical (unpaired) electrons. The average Bonchev–Trinajstić information content (AvgIpc) is 3.37. The van der Waals surface area contributed by atoms with Gasteiger partial charge in [0.25, 0.3) is 5.56 Å². The largest absolute Gasteiger partial charge is 0.394 e. The van der Waals surface area contributed by atoms with Gasteiger partial charge in [0, 0.05) is 5.56 Å². The molecule has 2 aliphatic heterocycles. The van der Waals surface area contributed by atoms with Crippen LogP contribution in [-0.4, -0.2) is 44.1 Å². The van der Waals surface area contributed by atoms with Crippen LogP contribution in [0.25, 0.3) is 5.52 Å². The van der Waals surface area contributed by atoms with Gasteiger partial charge in [0.05, 0.1) is 12.3 Å². The Morgan fingerprint density at radius 2 is 2.26 bits per heavy atom. The predicted octanol–water partition coefficient (Wildman–Crippen LogP) is 0.971. The van der Waals surface area contributed by atoms with E-state index in [0.29, 0.717) is 11.2 Å². The number of nitrogens with one attached hydrogen (secondary N) is 1. The second-order valence-electron chi connectivity index (χ2n) is 6.88. The lowest BCUT2D eigenvalue weighted by molar-refractivity contribution is -0.158. The molecule has 2 saturated heterocycles. The van der Waals surface area contributed by atoms with Gasteiger partial charge in [0.1, 0.15) is 29.4 Å². The number of nitrogen functional groups attached to an aromatic ring is 1. The van der Waals surface area contributed by atoms with Gasteiger partial charge in [-0.25, -0.2) is 4.52 Å². The van der Waals surface area contributed by atoms with Crippen molar-refractivity contribution in [1.29, 1.82) is 0 Å². The molecule has 5 heterocycles. The van der Waals surface area contributed by atoms with Crippen LogP contribution in [0.5, 0.6) is 0 Å². The number of aliphatic hydroxyl groups excluding tert-OH is 1. The molecular formula is C17H18N4O5S. The first-order valence-corrected chi connectivity index (χ1v) is 9.44. The minimum Gasteiger partial charge on any atom is -0.394 e. The Kier molecular flexibility index (Phi) is 3.68. The summed E-state index contributed by atoms with van der Waals surface area (Å²) in [5.41, 5.74) is 6.38. The predicted molar refractivity (Wildman–Crippen MR) is 96.3 cm³/mol. The summed E-state index contributed by atoms with van der Waals surface area (Å²) in [6, 6.07) is 5.35. The van der Waals surface area contributed by atoms with Crippen molar-refractivity contribution < 1.29 is 19.3 Å². The molecule has 1 unspecified atom stereocenters. The summed E-state index contributed by atoms with van der Waals surface area (Å²) < 4.78 is 19.9. The van der Waals surface area contributed by atoms with Crippen LogP contribution < -0.4 is 11.3 Å². The van der Waals surface area contributed by atoms with E-state index in [-0.39, 0.29) is 18.1 Å². The fraction of sp³-hybridized carbons (Fsp3) is 0.412. The van der Waals surface area contributed by atoms with Crippen molar-refractivity contribution in [1.82, 2.24) is 14.6 Å². The first-order chi connectivity index (χ1) is 13.0. The second-order valence-corrected chi connectivity index (χ2v) is 7.66. The Hall–Kier alpha value is -2.24. The number of aromatic amines is 1. The quantitative estimate of drug-likeness (QED) is 0.609. The van der Waals surface area contributed by atoms with Crippen LogP contribution in [0.4, 0.5) is 5.95 Å². The normalized spacial score (nSPS) is 33.0. The monoisotopic (exact) mass is 390 g/mol.